The van der Waals surface area contributed by atoms with Crippen molar-refractivity contribution in [2.24, 2.45) is 0 Å². The summed E-state index contributed by atoms with van der Waals surface area (Å²) in [5, 5.41) is 0. The van der Waals surface area contributed by atoms with Crippen molar-refractivity contribution in [1.29, 1.82) is 0 Å². The van der Waals surface area contributed by atoms with E-state index in [1.807, 2.05) is 11.8 Å². The minimum atomic E-state index is 0.0541. The Kier molecular flexibility index (Phi) is 4.78. The number of hydrogen-bond donors (Lipinski definition) is 0. The quantitative estimate of drug-likeness (QED) is 0.769. The molecule has 3 aliphatic rings. The fourth-order valence-electron chi connectivity index (χ4n) is 3.45. The van der Waals surface area contributed by atoms with Crippen molar-refractivity contribution in [2.75, 3.05) is 52.8 Å². The Balaban J connectivity index is 1.40. The predicted octanol–water partition coefficient (Wildman–Crippen LogP) is 0.830. The van der Waals surface area contributed by atoms with Gasteiger partial charge in [-0.1, -0.05) is 0 Å². The summed E-state index contributed by atoms with van der Waals surface area (Å²) < 4.78 is 11.6. The maximum absolute atomic E-state index is 11.6. The number of amides is 1. The number of carbonyl (C=O) groups excluding carboxylic acids is 1. The van der Waals surface area contributed by atoms with Gasteiger partial charge in [0.05, 0.1) is 6.10 Å². The molecule has 3 heterocycles. The van der Waals surface area contributed by atoms with E-state index in [1.165, 1.54) is 25.9 Å². The molecule has 0 bridgehead atoms. The lowest BCUT2D eigenvalue weighted by molar-refractivity contribution is -0.135. The molecule has 0 N–H and O–H groups in total. The number of carbonyl (C=O) groups is 1. The predicted molar refractivity (Wildman–Crippen MR) is 83.7 cm³/mol. The maximum atomic E-state index is 11.6. The molecule has 3 aliphatic heterocycles. The SMILES string of the molecule is CN(C)C(=O)COC1CSC2(C1)CN(C1CCOCC1)C2. The molecule has 0 aromatic carbocycles. The molecular weight excluding hydrogens is 288 g/mol. The van der Waals surface area contributed by atoms with Crippen LogP contribution >= 0.6 is 11.8 Å². The molecule has 5 nitrogen and oxygen atoms in total. The van der Waals surface area contributed by atoms with Crippen LogP contribution in [0.3, 0.4) is 0 Å². The van der Waals surface area contributed by atoms with Crippen LogP contribution in [-0.2, 0) is 14.3 Å². The highest BCUT2D eigenvalue weighted by molar-refractivity contribution is 8.01. The number of hydrogen-bond acceptors (Lipinski definition) is 5. The van der Waals surface area contributed by atoms with Gasteiger partial charge in [-0.2, -0.15) is 0 Å². The summed E-state index contributed by atoms with van der Waals surface area (Å²) in [6.45, 7) is 4.42. The maximum Gasteiger partial charge on any atom is 0.248 e. The standard InChI is InChI=1S/C15H26N2O3S/c1-16(2)14(18)8-20-13-7-15(21-9-13)10-17(11-15)12-3-5-19-6-4-12/h12-13H,3-11H2,1-2H3. The fourth-order valence-corrected chi connectivity index (χ4v) is 5.02. The third kappa shape index (κ3) is 3.55. The Morgan fingerprint density at radius 2 is 2.10 bits per heavy atom. The van der Waals surface area contributed by atoms with Gasteiger partial charge in [-0.25, -0.2) is 0 Å². The van der Waals surface area contributed by atoms with Crippen LogP contribution in [0.1, 0.15) is 19.3 Å². The molecule has 3 saturated heterocycles. The number of ether oxygens (including phenoxy) is 2. The summed E-state index contributed by atoms with van der Waals surface area (Å²) in [4.78, 5) is 15.8. The molecule has 21 heavy (non-hydrogen) atoms. The summed E-state index contributed by atoms with van der Waals surface area (Å²) in [6.07, 6.45) is 3.70. The Hall–Kier alpha value is -0.300. The van der Waals surface area contributed by atoms with E-state index in [0.29, 0.717) is 4.75 Å². The van der Waals surface area contributed by atoms with Gasteiger partial charge in [0.15, 0.2) is 0 Å². The summed E-state index contributed by atoms with van der Waals surface area (Å²) >= 11 is 2.04. The Labute approximate surface area is 131 Å². The summed E-state index contributed by atoms with van der Waals surface area (Å²) in [6, 6.07) is 0.722. The summed E-state index contributed by atoms with van der Waals surface area (Å²) in [5.74, 6) is 1.08. The molecule has 6 heteroatoms. The highest BCUT2D eigenvalue weighted by atomic mass is 32.2. The molecule has 0 aromatic heterocycles. The fraction of sp³-hybridized carbons (Fsp3) is 0.933. The van der Waals surface area contributed by atoms with E-state index in [2.05, 4.69) is 4.90 Å². The van der Waals surface area contributed by atoms with Crippen LogP contribution in [-0.4, -0.2) is 85.4 Å². The number of likely N-dealkylation sites (tertiary alicyclic amines) is 1. The lowest BCUT2D eigenvalue weighted by Gasteiger charge is -2.52. The van der Waals surface area contributed by atoms with E-state index in [-0.39, 0.29) is 18.6 Å². The van der Waals surface area contributed by atoms with Crippen LogP contribution in [0.4, 0.5) is 0 Å². The highest BCUT2D eigenvalue weighted by Gasteiger charge is 2.51. The van der Waals surface area contributed by atoms with E-state index in [4.69, 9.17) is 9.47 Å². The number of rotatable bonds is 4. The van der Waals surface area contributed by atoms with Gasteiger partial charge in [0, 0.05) is 56.9 Å². The first kappa shape index (κ1) is 15.6. The molecule has 0 aliphatic carbocycles. The largest absolute Gasteiger partial charge is 0.381 e. The van der Waals surface area contributed by atoms with Crippen molar-refractivity contribution in [2.45, 2.75) is 36.2 Å². The molecule has 3 rings (SSSR count). The lowest BCUT2D eigenvalue weighted by atomic mass is 9.89. The third-order valence-corrected chi connectivity index (χ3v) is 6.38. The summed E-state index contributed by atoms with van der Waals surface area (Å²) in [7, 11) is 3.54. The van der Waals surface area contributed by atoms with Crippen molar-refractivity contribution < 1.29 is 14.3 Å². The van der Waals surface area contributed by atoms with Crippen LogP contribution in [0.2, 0.25) is 0 Å². The second kappa shape index (κ2) is 6.44. The third-order valence-electron chi connectivity index (χ3n) is 4.81. The molecule has 1 unspecified atom stereocenters. The van der Waals surface area contributed by atoms with Gasteiger partial charge >= 0.3 is 0 Å². The monoisotopic (exact) mass is 314 g/mol. The first-order valence-corrected chi connectivity index (χ1v) is 8.84. The van der Waals surface area contributed by atoms with Crippen LogP contribution < -0.4 is 0 Å². The zero-order valence-electron chi connectivity index (χ0n) is 13.0. The van der Waals surface area contributed by atoms with Crippen molar-refractivity contribution in [3.63, 3.8) is 0 Å². The van der Waals surface area contributed by atoms with E-state index in [9.17, 15) is 4.79 Å². The smallest absolute Gasteiger partial charge is 0.248 e. The highest BCUT2D eigenvalue weighted by Crippen LogP contribution is 2.47. The average molecular weight is 314 g/mol. The first-order chi connectivity index (χ1) is 10.1. The second-order valence-electron chi connectivity index (χ2n) is 6.67. The zero-order valence-corrected chi connectivity index (χ0v) is 13.9. The molecule has 1 atom stereocenters. The van der Waals surface area contributed by atoms with E-state index >= 15 is 0 Å². The molecule has 1 amide bonds. The lowest BCUT2D eigenvalue weighted by Crippen LogP contribution is -2.62. The Bertz CT molecular complexity index is 379. The molecule has 1 spiro atoms. The first-order valence-electron chi connectivity index (χ1n) is 7.85. The van der Waals surface area contributed by atoms with Crippen molar-refractivity contribution in [1.82, 2.24) is 9.80 Å². The minimum absolute atomic E-state index is 0.0541. The molecule has 3 fully saturated rings. The normalized spacial score (nSPS) is 29.5. The van der Waals surface area contributed by atoms with Crippen LogP contribution in [0.5, 0.6) is 0 Å². The van der Waals surface area contributed by atoms with Gasteiger partial charge in [-0.3, -0.25) is 9.69 Å². The van der Waals surface area contributed by atoms with Crippen molar-refractivity contribution >= 4 is 17.7 Å². The van der Waals surface area contributed by atoms with Crippen LogP contribution in [0, 0.1) is 0 Å². The molecule has 120 valence electrons. The average Bonchev–Trinajstić information content (AvgIpc) is 2.88. The van der Waals surface area contributed by atoms with E-state index < -0.39 is 0 Å². The van der Waals surface area contributed by atoms with Crippen molar-refractivity contribution in [3.8, 4) is 0 Å². The zero-order chi connectivity index (χ0) is 14.9. The molecule has 0 radical (unpaired) electrons. The minimum Gasteiger partial charge on any atom is -0.381 e. The van der Waals surface area contributed by atoms with Gasteiger partial charge in [0.25, 0.3) is 0 Å². The number of nitrogens with zero attached hydrogens (tertiary/aromatic N) is 2. The number of likely N-dealkylation sites (N-methyl/N-ethyl adjacent to an activating group) is 1. The van der Waals surface area contributed by atoms with Gasteiger partial charge in [0.1, 0.15) is 6.61 Å². The van der Waals surface area contributed by atoms with E-state index in [0.717, 1.165) is 31.4 Å². The topological polar surface area (TPSA) is 42.0 Å². The van der Waals surface area contributed by atoms with Gasteiger partial charge < -0.3 is 14.4 Å². The van der Waals surface area contributed by atoms with Crippen LogP contribution in [0.25, 0.3) is 0 Å². The van der Waals surface area contributed by atoms with Crippen LogP contribution in [0.15, 0.2) is 0 Å². The molecular formula is C15H26N2O3S. The Morgan fingerprint density at radius 3 is 2.76 bits per heavy atom. The van der Waals surface area contributed by atoms with Gasteiger partial charge in [0.2, 0.25) is 5.91 Å². The second-order valence-corrected chi connectivity index (χ2v) is 8.16. The number of thioether (sulfide) groups is 1. The van der Waals surface area contributed by atoms with E-state index in [1.54, 1.807) is 19.0 Å². The van der Waals surface area contributed by atoms with Crippen molar-refractivity contribution in [3.05, 3.63) is 0 Å². The van der Waals surface area contributed by atoms with Gasteiger partial charge in [-0.15, -0.1) is 11.8 Å². The summed E-state index contributed by atoms with van der Waals surface area (Å²) in [5.41, 5.74) is 0. The molecule has 0 aromatic rings. The van der Waals surface area contributed by atoms with Gasteiger partial charge in [-0.05, 0) is 19.3 Å². The Morgan fingerprint density at radius 1 is 1.38 bits per heavy atom. The molecule has 0 saturated carbocycles.